The molecule has 0 atom stereocenters. The number of carbonyl (C=O) groups is 1. The molecule has 1 amide bonds. The summed E-state index contributed by atoms with van der Waals surface area (Å²) in [5.74, 6) is -0.715. The number of benzene rings is 3. The van der Waals surface area contributed by atoms with Crippen LogP contribution in [0.25, 0.3) is 6.08 Å². The van der Waals surface area contributed by atoms with E-state index < -0.39 is 5.91 Å². The fourth-order valence-electron chi connectivity index (χ4n) is 2.88. The number of hydrogen-bond acceptors (Lipinski definition) is 2. The Morgan fingerprint density at radius 2 is 1.90 bits per heavy atom. The van der Waals surface area contributed by atoms with Crippen LogP contribution >= 0.6 is 15.9 Å². The maximum atomic E-state index is 13.9. The van der Waals surface area contributed by atoms with Gasteiger partial charge in [0.25, 0.3) is 5.91 Å². The zero-order valence-electron chi connectivity index (χ0n) is 15.7. The Kier molecular flexibility index (Phi) is 6.58. The summed E-state index contributed by atoms with van der Waals surface area (Å²) in [7, 11) is 0. The van der Waals surface area contributed by atoms with Gasteiger partial charge in [-0.1, -0.05) is 58.4 Å². The molecule has 5 heteroatoms. The molecule has 0 fully saturated rings. The first-order valence-electron chi connectivity index (χ1n) is 8.98. The lowest BCUT2D eigenvalue weighted by Crippen LogP contribution is -2.13. The smallest absolute Gasteiger partial charge is 0.266 e. The van der Waals surface area contributed by atoms with Crippen LogP contribution in [0.15, 0.2) is 76.8 Å². The van der Waals surface area contributed by atoms with Gasteiger partial charge in [-0.05, 0) is 59.5 Å². The molecule has 0 spiro atoms. The van der Waals surface area contributed by atoms with Crippen molar-refractivity contribution < 1.29 is 9.18 Å². The Labute approximate surface area is 177 Å². The lowest BCUT2D eigenvalue weighted by Gasteiger charge is -2.08. The van der Waals surface area contributed by atoms with Gasteiger partial charge in [0, 0.05) is 16.6 Å². The van der Waals surface area contributed by atoms with Gasteiger partial charge in [0.1, 0.15) is 17.5 Å². The number of rotatable bonds is 5. The maximum Gasteiger partial charge on any atom is 0.266 e. The van der Waals surface area contributed by atoms with Gasteiger partial charge in [-0.3, -0.25) is 4.79 Å². The second kappa shape index (κ2) is 9.31. The van der Waals surface area contributed by atoms with Crippen molar-refractivity contribution in [3.05, 3.63) is 105 Å². The van der Waals surface area contributed by atoms with Crippen LogP contribution in [0.2, 0.25) is 0 Å². The number of halogens is 2. The molecule has 0 heterocycles. The van der Waals surface area contributed by atoms with E-state index in [1.54, 1.807) is 30.3 Å². The number of carbonyl (C=O) groups excluding carboxylic acids is 1. The number of aryl methyl sites for hydroxylation is 1. The van der Waals surface area contributed by atoms with Gasteiger partial charge in [0.15, 0.2) is 0 Å². The summed E-state index contributed by atoms with van der Waals surface area (Å²) in [5, 5.41) is 12.1. The highest BCUT2D eigenvalue weighted by atomic mass is 79.9. The molecule has 0 bridgehead atoms. The molecular weight excluding hydrogens is 431 g/mol. The second-order valence-electron chi connectivity index (χ2n) is 6.61. The molecular formula is C24H18BrFN2O. The standard InChI is InChI=1S/C24H18BrFN2O/c1-16-5-4-7-21(11-16)28-24(29)20(15-27)12-17-9-10-18(22(25)13-17)14-19-6-2-3-8-23(19)26/h2-13H,14H2,1H3,(H,28,29)/b20-12+. The lowest BCUT2D eigenvalue weighted by molar-refractivity contribution is -0.112. The molecule has 29 heavy (non-hydrogen) atoms. The molecule has 0 unspecified atom stereocenters. The zero-order valence-corrected chi connectivity index (χ0v) is 17.3. The van der Waals surface area contributed by atoms with E-state index in [9.17, 15) is 14.4 Å². The summed E-state index contributed by atoms with van der Waals surface area (Å²) in [6, 6.07) is 21.4. The largest absolute Gasteiger partial charge is 0.321 e. The van der Waals surface area contributed by atoms with Gasteiger partial charge in [-0.2, -0.15) is 5.26 Å². The van der Waals surface area contributed by atoms with Crippen LogP contribution in [-0.4, -0.2) is 5.91 Å². The molecule has 0 aromatic heterocycles. The number of anilines is 1. The number of nitrogens with one attached hydrogen (secondary N) is 1. The highest BCUT2D eigenvalue weighted by Crippen LogP contribution is 2.24. The first-order valence-corrected chi connectivity index (χ1v) is 9.77. The van der Waals surface area contributed by atoms with Gasteiger partial charge in [-0.25, -0.2) is 4.39 Å². The molecule has 3 aromatic carbocycles. The minimum atomic E-state index is -0.468. The van der Waals surface area contributed by atoms with Gasteiger partial charge >= 0.3 is 0 Å². The van der Waals surface area contributed by atoms with Gasteiger partial charge in [0.2, 0.25) is 0 Å². The Bertz CT molecular complexity index is 1130. The fourth-order valence-corrected chi connectivity index (χ4v) is 3.42. The van der Waals surface area contributed by atoms with Crippen molar-refractivity contribution in [2.45, 2.75) is 13.3 Å². The van der Waals surface area contributed by atoms with Crippen LogP contribution in [0.1, 0.15) is 22.3 Å². The summed E-state index contributed by atoms with van der Waals surface area (Å²) in [6.07, 6.45) is 1.97. The van der Waals surface area contributed by atoms with Crippen LogP contribution < -0.4 is 5.32 Å². The predicted octanol–water partition coefficient (Wildman–Crippen LogP) is 6.03. The minimum Gasteiger partial charge on any atom is -0.321 e. The Hall–Kier alpha value is -3.23. The molecule has 0 radical (unpaired) electrons. The maximum absolute atomic E-state index is 13.9. The summed E-state index contributed by atoms with van der Waals surface area (Å²) in [6.45, 7) is 1.93. The summed E-state index contributed by atoms with van der Waals surface area (Å²) >= 11 is 3.50. The third kappa shape index (κ3) is 5.40. The summed E-state index contributed by atoms with van der Waals surface area (Å²) < 4.78 is 14.7. The van der Waals surface area contributed by atoms with Crippen molar-refractivity contribution in [1.82, 2.24) is 0 Å². The molecule has 1 N–H and O–H groups in total. The second-order valence-corrected chi connectivity index (χ2v) is 7.47. The monoisotopic (exact) mass is 448 g/mol. The number of hydrogen-bond donors (Lipinski definition) is 1. The van der Waals surface area contributed by atoms with Crippen LogP contribution in [0.5, 0.6) is 0 Å². The van der Waals surface area contributed by atoms with E-state index in [2.05, 4.69) is 21.2 Å². The summed E-state index contributed by atoms with van der Waals surface area (Å²) in [5.41, 5.74) is 3.87. The number of amides is 1. The molecule has 3 aromatic rings. The van der Waals surface area contributed by atoms with Crippen molar-refractivity contribution in [3.63, 3.8) is 0 Å². The summed E-state index contributed by atoms with van der Waals surface area (Å²) in [4.78, 5) is 12.4. The molecule has 0 aliphatic carbocycles. The average molecular weight is 449 g/mol. The van der Waals surface area contributed by atoms with Gasteiger partial charge in [-0.15, -0.1) is 0 Å². The van der Waals surface area contributed by atoms with E-state index in [-0.39, 0.29) is 11.4 Å². The predicted molar refractivity (Wildman–Crippen MR) is 117 cm³/mol. The minimum absolute atomic E-state index is 0.000241. The quantitative estimate of drug-likeness (QED) is 0.382. The van der Waals surface area contributed by atoms with Crippen LogP contribution in [0.4, 0.5) is 10.1 Å². The molecule has 0 aliphatic heterocycles. The third-order valence-electron chi connectivity index (χ3n) is 4.37. The average Bonchev–Trinajstić information content (AvgIpc) is 2.69. The Balaban J connectivity index is 1.79. The number of nitriles is 1. The fraction of sp³-hybridized carbons (Fsp3) is 0.0833. The van der Waals surface area contributed by atoms with E-state index in [4.69, 9.17) is 0 Å². The molecule has 144 valence electrons. The van der Waals surface area contributed by atoms with Crippen LogP contribution in [0.3, 0.4) is 0 Å². The van der Waals surface area contributed by atoms with Gasteiger partial charge in [0.05, 0.1) is 0 Å². The van der Waals surface area contributed by atoms with Crippen molar-refractivity contribution in [3.8, 4) is 6.07 Å². The SMILES string of the molecule is Cc1cccc(NC(=O)/C(C#N)=C/c2ccc(Cc3ccccc3F)c(Br)c2)c1. The first kappa shape index (κ1) is 20.5. The lowest BCUT2D eigenvalue weighted by atomic mass is 10.0. The van der Waals surface area contributed by atoms with Crippen LogP contribution in [0, 0.1) is 24.1 Å². The van der Waals surface area contributed by atoms with Crippen molar-refractivity contribution >= 4 is 33.6 Å². The Morgan fingerprint density at radius 3 is 2.59 bits per heavy atom. The highest BCUT2D eigenvalue weighted by molar-refractivity contribution is 9.10. The number of nitrogens with zero attached hydrogens (tertiary/aromatic N) is 1. The van der Waals surface area contributed by atoms with Crippen LogP contribution in [-0.2, 0) is 11.2 Å². The van der Waals surface area contributed by atoms with E-state index in [0.717, 1.165) is 15.6 Å². The van der Waals surface area contributed by atoms with E-state index in [1.807, 2.05) is 43.3 Å². The molecule has 0 saturated heterocycles. The molecule has 3 rings (SSSR count). The Morgan fingerprint density at radius 1 is 1.10 bits per heavy atom. The van der Waals surface area contributed by atoms with E-state index >= 15 is 0 Å². The van der Waals surface area contributed by atoms with Crippen molar-refractivity contribution in [2.24, 2.45) is 0 Å². The zero-order chi connectivity index (χ0) is 20.8. The van der Waals surface area contributed by atoms with Crippen molar-refractivity contribution in [2.75, 3.05) is 5.32 Å². The third-order valence-corrected chi connectivity index (χ3v) is 5.11. The molecule has 3 nitrogen and oxygen atoms in total. The highest BCUT2D eigenvalue weighted by Gasteiger charge is 2.11. The van der Waals surface area contributed by atoms with E-state index in [0.29, 0.717) is 23.2 Å². The molecule has 0 saturated carbocycles. The van der Waals surface area contributed by atoms with Gasteiger partial charge < -0.3 is 5.32 Å². The first-order chi connectivity index (χ1) is 14.0. The van der Waals surface area contributed by atoms with Crippen molar-refractivity contribution in [1.29, 1.82) is 5.26 Å². The normalized spacial score (nSPS) is 11.0. The topological polar surface area (TPSA) is 52.9 Å². The molecule has 0 aliphatic rings. The van der Waals surface area contributed by atoms with E-state index in [1.165, 1.54) is 12.1 Å².